The van der Waals surface area contributed by atoms with E-state index in [9.17, 15) is 14.7 Å². The predicted molar refractivity (Wildman–Crippen MR) is 94.9 cm³/mol. The predicted octanol–water partition coefficient (Wildman–Crippen LogP) is -0.550. The number of carbonyl (C=O) groups is 2. The van der Waals surface area contributed by atoms with Crippen molar-refractivity contribution in [2.45, 2.75) is 31.4 Å². The Morgan fingerprint density at radius 3 is 2.74 bits per heavy atom. The molecule has 11 nitrogen and oxygen atoms in total. The topological polar surface area (TPSA) is 137 Å². The summed E-state index contributed by atoms with van der Waals surface area (Å²) in [5, 5.41) is 22.1. The molecule has 3 amide bonds. The first-order valence-corrected chi connectivity index (χ1v) is 8.86. The number of hydrogen-bond donors (Lipinski definition) is 4. The molecule has 0 radical (unpaired) electrons. The van der Waals surface area contributed by atoms with Crippen LogP contribution in [0.15, 0.2) is 11.9 Å². The lowest BCUT2D eigenvalue weighted by Crippen LogP contribution is -2.25. The number of β-amino-alcohol motifs (C(OH)–C–C–N with tert-alkyl or cyclic N) is 1. The van der Waals surface area contributed by atoms with E-state index in [0.717, 1.165) is 12.8 Å². The molecule has 2 aromatic rings. The zero-order valence-electron chi connectivity index (χ0n) is 14.3. The lowest BCUT2D eigenvalue weighted by atomic mass is 10.2. The van der Waals surface area contributed by atoms with Crippen molar-refractivity contribution in [3.63, 3.8) is 0 Å². The van der Waals surface area contributed by atoms with Gasteiger partial charge in [0.2, 0.25) is 11.9 Å². The van der Waals surface area contributed by atoms with Crippen LogP contribution in [0.25, 0.3) is 11.7 Å². The Hall–Kier alpha value is -3.21. The average molecular weight is 370 g/mol. The van der Waals surface area contributed by atoms with E-state index in [-0.39, 0.29) is 5.70 Å². The molecule has 3 aliphatic rings. The fraction of sp³-hybridized carbons (Fsp3) is 0.438. The normalized spacial score (nSPS) is 24.0. The Balaban J connectivity index is 1.59. The average Bonchev–Trinajstić information content (AvgIpc) is 3.04. The van der Waals surface area contributed by atoms with Gasteiger partial charge in [-0.25, -0.2) is 4.79 Å². The molecule has 4 N–H and O–H groups in total. The number of rotatable bonds is 4. The lowest BCUT2D eigenvalue weighted by Gasteiger charge is -2.17. The highest BCUT2D eigenvalue weighted by Gasteiger charge is 2.28. The van der Waals surface area contributed by atoms with Crippen molar-refractivity contribution in [2.24, 2.45) is 0 Å². The molecule has 27 heavy (non-hydrogen) atoms. The van der Waals surface area contributed by atoms with Crippen LogP contribution in [0.3, 0.4) is 0 Å². The van der Waals surface area contributed by atoms with Crippen molar-refractivity contribution in [3.05, 3.63) is 17.5 Å². The molecule has 0 aromatic carbocycles. The zero-order valence-corrected chi connectivity index (χ0v) is 14.3. The summed E-state index contributed by atoms with van der Waals surface area (Å²) in [4.78, 5) is 34.3. The quantitative estimate of drug-likeness (QED) is 0.416. The van der Waals surface area contributed by atoms with Crippen LogP contribution in [-0.2, 0) is 4.79 Å². The van der Waals surface area contributed by atoms with E-state index in [1.165, 1.54) is 0 Å². The molecule has 2 saturated heterocycles. The Morgan fingerprint density at radius 2 is 2.07 bits per heavy atom. The van der Waals surface area contributed by atoms with E-state index < -0.39 is 18.0 Å². The lowest BCUT2D eigenvalue weighted by molar-refractivity contribution is -0.115. The third-order valence-electron chi connectivity index (χ3n) is 4.76. The molecule has 0 unspecified atom stereocenters. The molecule has 1 aliphatic carbocycles. The third kappa shape index (κ3) is 2.95. The van der Waals surface area contributed by atoms with E-state index >= 15 is 0 Å². The summed E-state index contributed by atoms with van der Waals surface area (Å²) in [5.41, 5.74) is 1.25. The number of nitrogens with zero attached hydrogens (tertiary/aromatic N) is 5. The number of hydrogen-bond acceptors (Lipinski definition) is 8. The van der Waals surface area contributed by atoms with Crippen molar-refractivity contribution in [2.75, 3.05) is 23.3 Å². The highest BCUT2D eigenvalue weighted by molar-refractivity contribution is 6.14. The first kappa shape index (κ1) is 16.0. The highest BCUT2D eigenvalue weighted by atomic mass is 16.3. The van der Waals surface area contributed by atoms with E-state index in [1.807, 2.05) is 4.90 Å². The van der Waals surface area contributed by atoms with Crippen molar-refractivity contribution in [1.29, 1.82) is 0 Å². The number of carbonyl (C=O) groups excluding carboxylic acids is 2. The molecule has 1 saturated carbocycles. The maximum Gasteiger partial charge on any atom is 0.326 e. The second-order valence-electron chi connectivity index (χ2n) is 6.96. The van der Waals surface area contributed by atoms with Crippen LogP contribution in [0.2, 0.25) is 0 Å². The molecule has 140 valence electrons. The van der Waals surface area contributed by atoms with Crippen LogP contribution in [-0.4, -0.2) is 61.9 Å². The van der Waals surface area contributed by atoms with Crippen LogP contribution in [0.4, 0.5) is 16.7 Å². The van der Waals surface area contributed by atoms with Crippen molar-refractivity contribution >= 4 is 35.6 Å². The van der Waals surface area contributed by atoms with Gasteiger partial charge in [0.15, 0.2) is 5.65 Å². The van der Waals surface area contributed by atoms with Crippen LogP contribution >= 0.6 is 0 Å². The summed E-state index contributed by atoms with van der Waals surface area (Å²) < 4.78 is 1.59. The van der Waals surface area contributed by atoms with Gasteiger partial charge in [-0.3, -0.25) is 10.1 Å². The second kappa shape index (κ2) is 5.91. The van der Waals surface area contributed by atoms with Crippen molar-refractivity contribution < 1.29 is 14.7 Å². The number of imide groups is 1. The first-order chi connectivity index (χ1) is 13.1. The minimum Gasteiger partial charge on any atom is -0.391 e. The van der Waals surface area contributed by atoms with Gasteiger partial charge in [-0.15, -0.1) is 0 Å². The molecular weight excluding hydrogens is 352 g/mol. The molecule has 4 heterocycles. The number of aliphatic hydroxyl groups excluding tert-OH is 1. The Bertz CT molecular complexity index is 979. The molecule has 2 aromatic heterocycles. The summed E-state index contributed by atoms with van der Waals surface area (Å²) in [7, 11) is 0. The molecule has 11 heteroatoms. The van der Waals surface area contributed by atoms with Crippen LogP contribution < -0.4 is 20.9 Å². The number of fused-ring (bicyclic) bond motifs is 1. The fourth-order valence-electron chi connectivity index (χ4n) is 3.19. The Labute approximate surface area is 153 Å². The molecule has 3 fully saturated rings. The Kier molecular flexibility index (Phi) is 3.50. The largest absolute Gasteiger partial charge is 0.391 e. The van der Waals surface area contributed by atoms with Crippen molar-refractivity contribution in [1.82, 2.24) is 30.2 Å². The number of anilines is 2. The van der Waals surface area contributed by atoms with Gasteiger partial charge in [-0.05, 0) is 25.3 Å². The van der Waals surface area contributed by atoms with Gasteiger partial charge in [0.25, 0.3) is 5.91 Å². The molecular formula is C16H18N8O3. The molecule has 2 aliphatic heterocycles. The monoisotopic (exact) mass is 370 g/mol. The van der Waals surface area contributed by atoms with Gasteiger partial charge < -0.3 is 20.6 Å². The number of amides is 3. The van der Waals surface area contributed by atoms with E-state index in [0.29, 0.717) is 48.7 Å². The molecule has 0 bridgehead atoms. The fourth-order valence-corrected chi connectivity index (χ4v) is 3.19. The van der Waals surface area contributed by atoms with Gasteiger partial charge in [0.05, 0.1) is 12.3 Å². The molecule has 1 atom stereocenters. The summed E-state index contributed by atoms with van der Waals surface area (Å²) in [6.45, 7) is 1.14. The van der Waals surface area contributed by atoms with E-state index in [4.69, 9.17) is 0 Å². The van der Waals surface area contributed by atoms with Gasteiger partial charge in [-0.1, -0.05) is 0 Å². The minimum absolute atomic E-state index is 0.142. The Morgan fingerprint density at radius 1 is 1.22 bits per heavy atom. The molecule has 5 rings (SSSR count). The zero-order chi connectivity index (χ0) is 18.5. The standard InChI is InChI=1S/C16H18N8O3/c25-10-3-4-23(7-10)14-20-12-8(5-11-13(26)21-16(27)19-11)6-17-24(12)15(22-14)18-9-1-2-9/h5-6,9-10,25H,1-4,7H2,(H,18,20,22)(H2,19,21,26,27)/b11-5-/t10-/m0/s1. The smallest absolute Gasteiger partial charge is 0.326 e. The van der Waals surface area contributed by atoms with Gasteiger partial charge in [-0.2, -0.15) is 19.6 Å². The van der Waals surface area contributed by atoms with Crippen LogP contribution in [0.5, 0.6) is 0 Å². The maximum atomic E-state index is 11.8. The van der Waals surface area contributed by atoms with Gasteiger partial charge >= 0.3 is 6.03 Å². The van der Waals surface area contributed by atoms with Crippen LogP contribution in [0.1, 0.15) is 24.8 Å². The number of urea groups is 1. The van der Waals surface area contributed by atoms with Crippen molar-refractivity contribution in [3.8, 4) is 0 Å². The van der Waals surface area contributed by atoms with Crippen LogP contribution in [0, 0.1) is 0 Å². The second-order valence-corrected chi connectivity index (χ2v) is 6.96. The minimum atomic E-state index is -0.555. The summed E-state index contributed by atoms with van der Waals surface area (Å²) in [5.74, 6) is 0.582. The molecule has 0 spiro atoms. The summed E-state index contributed by atoms with van der Waals surface area (Å²) >= 11 is 0. The SMILES string of the molecule is O=C1NC(=O)/C(=C/c2cnn3c(NC4CC4)nc(N4CC[C@H](O)C4)nc23)N1. The van der Waals surface area contributed by atoms with E-state index in [2.05, 4.69) is 31.0 Å². The number of aliphatic hydroxyl groups is 1. The number of nitrogens with one attached hydrogen (secondary N) is 3. The summed E-state index contributed by atoms with van der Waals surface area (Å²) in [6, 6.07) is -0.189. The maximum absolute atomic E-state index is 11.8. The van der Waals surface area contributed by atoms with Gasteiger partial charge in [0, 0.05) is 24.7 Å². The van der Waals surface area contributed by atoms with Gasteiger partial charge in [0.1, 0.15) is 5.70 Å². The highest BCUT2D eigenvalue weighted by Crippen LogP contribution is 2.27. The number of aromatic nitrogens is 4. The van der Waals surface area contributed by atoms with E-state index in [1.54, 1.807) is 16.8 Å². The summed E-state index contributed by atoms with van der Waals surface area (Å²) in [6.07, 6.45) is 5.55. The first-order valence-electron chi connectivity index (χ1n) is 8.86. The third-order valence-corrected chi connectivity index (χ3v) is 4.76.